The van der Waals surface area contributed by atoms with E-state index < -0.39 is 0 Å². The van der Waals surface area contributed by atoms with Crippen LogP contribution in [0.5, 0.6) is 5.75 Å². The lowest BCUT2D eigenvalue weighted by Gasteiger charge is -2.26. The molecule has 5 nitrogen and oxygen atoms in total. The molecular weight excluding hydrogens is 480 g/mol. The molecule has 7 heteroatoms. The molecule has 0 unspecified atom stereocenters. The zero-order valence-corrected chi connectivity index (χ0v) is 19.4. The number of furan rings is 1. The Bertz CT molecular complexity index is 1030. The van der Waals surface area contributed by atoms with E-state index in [2.05, 4.69) is 38.3 Å². The second-order valence-corrected chi connectivity index (χ2v) is 8.94. The number of hydrogen-bond acceptors (Lipinski definition) is 4. The molecule has 1 fully saturated rings. The summed E-state index contributed by atoms with van der Waals surface area (Å²) in [5.41, 5.74) is 1.99. The number of piperidine rings is 1. The Labute approximate surface area is 195 Å². The van der Waals surface area contributed by atoms with Gasteiger partial charge in [0.05, 0.1) is 5.02 Å². The number of ether oxygens (including phenoxy) is 1. The third-order valence-corrected chi connectivity index (χ3v) is 6.00. The van der Waals surface area contributed by atoms with Crippen molar-refractivity contribution in [3.8, 4) is 5.75 Å². The second kappa shape index (κ2) is 10.4. The molecule has 1 N–H and O–H groups in total. The number of benzene rings is 2. The van der Waals surface area contributed by atoms with Gasteiger partial charge in [0.2, 0.25) is 0 Å². The van der Waals surface area contributed by atoms with Crippen molar-refractivity contribution in [2.45, 2.75) is 32.4 Å². The number of rotatable bonds is 7. The number of nitrogens with zero attached hydrogens (tertiary/aromatic N) is 1. The van der Waals surface area contributed by atoms with Crippen molar-refractivity contribution in [1.82, 2.24) is 4.90 Å². The van der Waals surface area contributed by atoms with Gasteiger partial charge in [0.25, 0.3) is 5.91 Å². The lowest BCUT2D eigenvalue weighted by Crippen LogP contribution is -2.29. The van der Waals surface area contributed by atoms with Gasteiger partial charge in [-0.05, 0) is 74.0 Å². The highest BCUT2D eigenvalue weighted by Crippen LogP contribution is 2.28. The van der Waals surface area contributed by atoms with Gasteiger partial charge in [-0.2, -0.15) is 0 Å². The highest BCUT2D eigenvalue weighted by Gasteiger charge is 2.14. The van der Waals surface area contributed by atoms with Crippen LogP contribution in [-0.4, -0.2) is 23.9 Å². The Morgan fingerprint density at radius 3 is 2.58 bits per heavy atom. The number of carbonyl (C=O) groups is 1. The molecular formula is C24H24BrClN2O3. The highest BCUT2D eigenvalue weighted by atomic mass is 79.9. The molecule has 0 saturated carbocycles. The van der Waals surface area contributed by atoms with Crippen LogP contribution in [0, 0.1) is 0 Å². The topological polar surface area (TPSA) is 54.7 Å². The zero-order chi connectivity index (χ0) is 21.6. The molecule has 4 rings (SSSR count). The first-order valence-electron chi connectivity index (χ1n) is 10.4. The summed E-state index contributed by atoms with van der Waals surface area (Å²) in [4.78, 5) is 15.0. The first kappa shape index (κ1) is 21.9. The van der Waals surface area contributed by atoms with E-state index in [9.17, 15) is 4.79 Å². The quantitative estimate of drug-likeness (QED) is 0.399. The fourth-order valence-electron chi connectivity index (χ4n) is 3.58. The van der Waals surface area contributed by atoms with E-state index in [0.29, 0.717) is 16.5 Å². The van der Waals surface area contributed by atoms with Crippen LogP contribution in [0.1, 0.15) is 41.1 Å². The zero-order valence-electron chi connectivity index (χ0n) is 17.1. The van der Waals surface area contributed by atoms with Gasteiger partial charge >= 0.3 is 0 Å². The van der Waals surface area contributed by atoms with Gasteiger partial charge in [-0.1, -0.05) is 46.1 Å². The maximum absolute atomic E-state index is 12.5. The fraction of sp³-hybridized carbons (Fsp3) is 0.292. The van der Waals surface area contributed by atoms with E-state index in [0.717, 1.165) is 29.8 Å². The highest BCUT2D eigenvalue weighted by molar-refractivity contribution is 9.10. The molecule has 2 aromatic carbocycles. The molecule has 1 amide bonds. The standard InChI is InChI=1S/C24H24BrClN2O3/c25-18-6-10-22(21(26)14-18)30-16-20-9-11-23(31-20)24(29)27-19-7-4-17(5-8-19)15-28-12-2-1-3-13-28/h4-11,14H,1-3,12-13,15-16H2,(H,27,29). The number of halogens is 2. The SMILES string of the molecule is O=C(Nc1ccc(CN2CCCCC2)cc1)c1ccc(COc2ccc(Br)cc2Cl)o1. The molecule has 1 aromatic heterocycles. The minimum absolute atomic E-state index is 0.180. The predicted octanol–water partition coefficient (Wildman–Crippen LogP) is 6.51. The first-order valence-corrected chi connectivity index (χ1v) is 11.5. The summed E-state index contributed by atoms with van der Waals surface area (Å²) >= 11 is 9.51. The number of amides is 1. The van der Waals surface area contributed by atoms with Crippen LogP contribution in [0.2, 0.25) is 5.02 Å². The normalized spacial score (nSPS) is 14.4. The summed E-state index contributed by atoms with van der Waals surface area (Å²) in [5, 5.41) is 3.38. The van der Waals surface area contributed by atoms with Crippen LogP contribution in [0.15, 0.2) is 63.5 Å². The Kier molecular flexibility index (Phi) is 7.33. The summed E-state index contributed by atoms with van der Waals surface area (Å²) in [6.45, 7) is 3.46. The molecule has 1 saturated heterocycles. The minimum Gasteiger partial charge on any atom is -0.484 e. The average Bonchev–Trinajstić information content (AvgIpc) is 3.25. The number of likely N-dealkylation sites (tertiary alicyclic amines) is 1. The molecule has 162 valence electrons. The van der Waals surface area contributed by atoms with E-state index in [1.54, 1.807) is 24.3 Å². The average molecular weight is 504 g/mol. The van der Waals surface area contributed by atoms with Gasteiger partial charge in [0.1, 0.15) is 18.1 Å². The van der Waals surface area contributed by atoms with Crippen molar-refractivity contribution in [2.75, 3.05) is 18.4 Å². The monoisotopic (exact) mass is 502 g/mol. The Morgan fingerprint density at radius 2 is 1.84 bits per heavy atom. The van der Waals surface area contributed by atoms with Gasteiger partial charge in [0, 0.05) is 16.7 Å². The summed E-state index contributed by atoms with van der Waals surface area (Å²) in [7, 11) is 0. The summed E-state index contributed by atoms with van der Waals surface area (Å²) in [6.07, 6.45) is 3.89. The third-order valence-electron chi connectivity index (χ3n) is 5.22. The number of nitrogens with one attached hydrogen (secondary N) is 1. The first-order chi connectivity index (χ1) is 15.1. The maximum Gasteiger partial charge on any atom is 0.291 e. The summed E-state index contributed by atoms with van der Waals surface area (Å²) in [5.74, 6) is 1.03. The van der Waals surface area contributed by atoms with Crippen molar-refractivity contribution in [2.24, 2.45) is 0 Å². The Hall–Kier alpha value is -2.28. The molecule has 0 bridgehead atoms. The van der Waals surface area contributed by atoms with Gasteiger partial charge in [-0.3, -0.25) is 9.69 Å². The smallest absolute Gasteiger partial charge is 0.291 e. The van der Waals surface area contributed by atoms with Crippen LogP contribution in [0.25, 0.3) is 0 Å². The van der Waals surface area contributed by atoms with Crippen LogP contribution < -0.4 is 10.1 Å². The van der Waals surface area contributed by atoms with Gasteiger partial charge in [-0.15, -0.1) is 0 Å². The van der Waals surface area contributed by atoms with Crippen molar-refractivity contribution in [1.29, 1.82) is 0 Å². The van der Waals surface area contributed by atoms with E-state index in [1.807, 2.05) is 18.2 Å². The van der Waals surface area contributed by atoms with E-state index in [-0.39, 0.29) is 18.3 Å². The molecule has 1 aliphatic rings. The minimum atomic E-state index is -0.295. The van der Waals surface area contributed by atoms with Crippen molar-refractivity contribution in [3.63, 3.8) is 0 Å². The van der Waals surface area contributed by atoms with Crippen molar-refractivity contribution < 1.29 is 13.9 Å². The van der Waals surface area contributed by atoms with Crippen LogP contribution in [0.4, 0.5) is 5.69 Å². The van der Waals surface area contributed by atoms with Crippen molar-refractivity contribution >= 4 is 39.1 Å². The molecule has 3 aromatic rings. The molecule has 31 heavy (non-hydrogen) atoms. The van der Waals surface area contributed by atoms with E-state index in [4.69, 9.17) is 20.8 Å². The van der Waals surface area contributed by atoms with Crippen LogP contribution >= 0.6 is 27.5 Å². The largest absolute Gasteiger partial charge is 0.484 e. The number of anilines is 1. The van der Waals surface area contributed by atoms with Crippen LogP contribution in [0.3, 0.4) is 0 Å². The van der Waals surface area contributed by atoms with E-state index in [1.165, 1.54) is 24.8 Å². The Morgan fingerprint density at radius 1 is 1.06 bits per heavy atom. The lowest BCUT2D eigenvalue weighted by atomic mass is 10.1. The van der Waals surface area contributed by atoms with Crippen LogP contribution in [-0.2, 0) is 13.2 Å². The molecule has 0 aliphatic carbocycles. The summed E-state index contributed by atoms with van der Waals surface area (Å²) < 4.78 is 12.2. The third kappa shape index (κ3) is 6.12. The van der Waals surface area contributed by atoms with E-state index >= 15 is 0 Å². The van der Waals surface area contributed by atoms with Gasteiger partial charge < -0.3 is 14.5 Å². The second-order valence-electron chi connectivity index (χ2n) is 7.62. The molecule has 0 spiro atoms. The molecule has 1 aliphatic heterocycles. The van der Waals surface area contributed by atoms with Gasteiger partial charge in [0.15, 0.2) is 5.76 Å². The molecule has 0 radical (unpaired) electrons. The van der Waals surface area contributed by atoms with Crippen molar-refractivity contribution in [3.05, 3.63) is 81.2 Å². The summed E-state index contributed by atoms with van der Waals surface area (Å²) in [6, 6.07) is 16.7. The number of hydrogen-bond donors (Lipinski definition) is 1. The Balaban J connectivity index is 1.30. The maximum atomic E-state index is 12.5. The molecule has 2 heterocycles. The number of carbonyl (C=O) groups excluding carboxylic acids is 1. The predicted molar refractivity (Wildman–Crippen MR) is 126 cm³/mol. The van der Waals surface area contributed by atoms with Gasteiger partial charge in [-0.25, -0.2) is 0 Å². The fourth-order valence-corrected chi connectivity index (χ4v) is 4.31. The molecule has 0 atom stereocenters. The lowest BCUT2D eigenvalue weighted by molar-refractivity contribution is 0.0992.